The minimum atomic E-state index is -0.501. The fourth-order valence-corrected chi connectivity index (χ4v) is 2.21. The van der Waals surface area contributed by atoms with Gasteiger partial charge in [0.2, 0.25) is 0 Å². The first kappa shape index (κ1) is 15.3. The molecule has 0 unspecified atom stereocenters. The van der Waals surface area contributed by atoms with Gasteiger partial charge in [-0.1, -0.05) is 0 Å². The molecule has 1 aliphatic rings. The van der Waals surface area contributed by atoms with E-state index in [1.54, 1.807) is 15.8 Å². The van der Waals surface area contributed by atoms with Crippen LogP contribution in [0, 0.1) is 0 Å². The maximum absolute atomic E-state index is 12.0. The Bertz CT molecular complexity index is 533. The quantitative estimate of drug-likeness (QED) is 0.778. The lowest BCUT2D eigenvalue weighted by Gasteiger charge is -2.24. The first-order valence-electron chi connectivity index (χ1n) is 6.90. The predicted octanol–water partition coefficient (Wildman–Crippen LogP) is 1.85. The number of likely N-dealkylation sites (tertiary alicyclic amines) is 1. The molecule has 0 radical (unpaired) electrons. The Labute approximate surface area is 123 Å². The Morgan fingerprint density at radius 3 is 2.71 bits per heavy atom. The number of carbonyl (C=O) groups is 2. The molecule has 0 aliphatic carbocycles. The fraction of sp³-hybridized carbons (Fsp3) is 0.643. The van der Waals surface area contributed by atoms with Gasteiger partial charge >= 0.3 is 12.1 Å². The van der Waals surface area contributed by atoms with Crippen LogP contribution in [0.1, 0.15) is 43.6 Å². The van der Waals surface area contributed by atoms with Crippen molar-refractivity contribution in [3.63, 3.8) is 0 Å². The largest absolute Gasteiger partial charge is 0.465 e. The molecule has 1 saturated heterocycles. The molecule has 1 aromatic heterocycles. The van der Waals surface area contributed by atoms with Crippen LogP contribution in [0.5, 0.6) is 0 Å². The van der Waals surface area contributed by atoms with Gasteiger partial charge in [-0.15, -0.1) is 0 Å². The zero-order chi connectivity index (χ0) is 15.6. The fourth-order valence-electron chi connectivity index (χ4n) is 2.21. The van der Waals surface area contributed by atoms with Crippen LogP contribution in [0.25, 0.3) is 0 Å². The molecule has 1 fully saturated rings. The van der Waals surface area contributed by atoms with E-state index in [0.29, 0.717) is 18.7 Å². The maximum atomic E-state index is 12.0. The van der Waals surface area contributed by atoms with Gasteiger partial charge in [-0.2, -0.15) is 5.10 Å². The lowest BCUT2D eigenvalue weighted by molar-refractivity contribution is 0.0288. The number of aromatic nitrogens is 2. The van der Waals surface area contributed by atoms with Crippen LogP contribution < -0.4 is 0 Å². The summed E-state index contributed by atoms with van der Waals surface area (Å²) in [5.41, 5.74) is -0.0907. The average molecular weight is 295 g/mol. The van der Waals surface area contributed by atoms with E-state index >= 15 is 0 Å². The summed E-state index contributed by atoms with van der Waals surface area (Å²) < 4.78 is 11.7. The number of rotatable bonds is 2. The van der Waals surface area contributed by atoms with E-state index in [1.165, 1.54) is 13.3 Å². The summed E-state index contributed by atoms with van der Waals surface area (Å²) in [4.78, 5) is 25.1. The summed E-state index contributed by atoms with van der Waals surface area (Å²) in [6.45, 7) is 6.67. The van der Waals surface area contributed by atoms with E-state index in [0.717, 1.165) is 6.42 Å². The second-order valence-corrected chi connectivity index (χ2v) is 6.07. The molecule has 0 bridgehead atoms. The van der Waals surface area contributed by atoms with E-state index in [2.05, 4.69) is 9.84 Å². The molecule has 7 nitrogen and oxygen atoms in total. The third-order valence-corrected chi connectivity index (χ3v) is 3.21. The molecule has 1 amide bonds. The number of esters is 1. The Hall–Kier alpha value is -2.05. The summed E-state index contributed by atoms with van der Waals surface area (Å²) in [6, 6.07) is 0.0518. The number of amides is 1. The van der Waals surface area contributed by atoms with Gasteiger partial charge in [-0.25, -0.2) is 9.59 Å². The van der Waals surface area contributed by atoms with Crippen molar-refractivity contribution in [1.29, 1.82) is 0 Å². The summed E-state index contributed by atoms with van der Waals surface area (Å²) in [6.07, 6.45) is 3.59. The lowest BCUT2D eigenvalue weighted by Crippen LogP contribution is -2.35. The van der Waals surface area contributed by atoms with Crippen LogP contribution in [-0.4, -0.2) is 52.5 Å². The SMILES string of the molecule is COC(=O)c1cnn([C@@H]2CCN(C(=O)OC(C)(C)C)C2)c1. The topological polar surface area (TPSA) is 73.7 Å². The summed E-state index contributed by atoms with van der Waals surface area (Å²) in [5.74, 6) is -0.414. The molecular formula is C14H21N3O4. The van der Waals surface area contributed by atoms with Crippen molar-refractivity contribution in [2.75, 3.05) is 20.2 Å². The minimum Gasteiger partial charge on any atom is -0.465 e. The Kier molecular flexibility index (Phi) is 4.20. The van der Waals surface area contributed by atoms with Crippen molar-refractivity contribution < 1.29 is 19.1 Å². The number of hydrogen-bond acceptors (Lipinski definition) is 5. The van der Waals surface area contributed by atoms with E-state index in [4.69, 9.17) is 4.74 Å². The van der Waals surface area contributed by atoms with Crippen LogP contribution in [-0.2, 0) is 9.47 Å². The van der Waals surface area contributed by atoms with Crippen molar-refractivity contribution in [3.8, 4) is 0 Å². The first-order valence-corrected chi connectivity index (χ1v) is 6.90. The molecule has 0 aromatic carbocycles. The van der Waals surface area contributed by atoms with Crippen molar-refractivity contribution in [3.05, 3.63) is 18.0 Å². The highest BCUT2D eigenvalue weighted by atomic mass is 16.6. The van der Waals surface area contributed by atoms with Gasteiger partial charge in [0, 0.05) is 19.3 Å². The monoisotopic (exact) mass is 295 g/mol. The number of hydrogen-bond donors (Lipinski definition) is 0. The molecule has 116 valence electrons. The third-order valence-electron chi connectivity index (χ3n) is 3.21. The molecule has 0 spiro atoms. The van der Waals surface area contributed by atoms with Crippen LogP contribution in [0.15, 0.2) is 12.4 Å². The molecule has 7 heteroatoms. The van der Waals surface area contributed by atoms with E-state index in [1.807, 2.05) is 20.8 Å². The van der Waals surface area contributed by atoms with Crippen molar-refractivity contribution in [2.45, 2.75) is 38.8 Å². The number of methoxy groups -OCH3 is 1. The van der Waals surface area contributed by atoms with Crippen LogP contribution in [0.2, 0.25) is 0 Å². The molecule has 21 heavy (non-hydrogen) atoms. The minimum absolute atomic E-state index is 0.0518. The van der Waals surface area contributed by atoms with E-state index < -0.39 is 11.6 Å². The highest BCUT2D eigenvalue weighted by molar-refractivity contribution is 5.88. The zero-order valence-corrected chi connectivity index (χ0v) is 12.8. The maximum Gasteiger partial charge on any atom is 0.410 e. The molecule has 0 N–H and O–H groups in total. The van der Waals surface area contributed by atoms with Gasteiger partial charge in [-0.05, 0) is 27.2 Å². The first-order chi connectivity index (χ1) is 9.80. The smallest absolute Gasteiger partial charge is 0.410 e. The van der Waals surface area contributed by atoms with Gasteiger partial charge in [0.05, 0.1) is 24.9 Å². The molecule has 2 heterocycles. The van der Waals surface area contributed by atoms with Gasteiger partial charge in [0.25, 0.3) is 0 Å². The molecule has 1 aliphatic heterocycles. The van der Waals surface area contributed by atoms with Gasteiger partial charge < -0.3 is 14.4 Å². The van der Waals surface area contributed by atoms with Crippen molar-refractivity contribution in [1.82, 2.24) is 14.7 Å². The van der Waals surface area contributed by atoms with Crippen LogP contribution >= 0.6 is 0 Å². The summed E-state index contributed by atoms with van der Waals surface area (Å²) in [5, 5.41) is 4.17. The van der Waals surface area contributed by atoms with Crippen molar-refractivity contribution >= 4 is 12.1 Å². The Balaban J connectivity index is 1.97. The van der Waals surface area contributed by atoms with E-state index in [-0.39, 0.29) is 12.1 Å². The van der Waals surface area contributed by atoms with Gasteiger partial charge in [0.1, 0.15) is 5.60 Å². The second kappa shape index (κ2) is 5.75. The number of carbonyl (C=O) groups excluding carboxylic acids is 2. The molecule has 1 aromatic rings. The summed E-state index contributed by atoms with van der Waals surface area (Å²) in [7, 11) is 1.33. The standard InChI is InChI=1S/C14H21N3O4/c1-14(2,3)21-13(19)16-6-5-11(9-16)17-8-10(7-15-17)12(18)20-4/h7-8,11H,5-6,9H2,1-4H3/t11-/m1/s1. The Morgan fingerprint density at radius 1 is 1.38 bits per heavy atom. The molecule has 0 saturated carbocycles. The third kappa shape index (κ3) is 3.74. The van der Waals surface area contributed by atoms with Crippen LogP contribution in [0.3, 0.4) is 0 Å². The summed E-state index contributed by atoms with van der Waals surface area (Å²) >= 11 is 0. The van der Waals surface area contributed by atoms with Gasteiger partial charge in [-0.3, -0.25) is 4.68 Å². The van der Waals surface area contributed by atoms with E-state index in [9.17, 15) is 9.59 Å². The van der Waals surface area contributed by atoms with Crippen molar-refractivity contribution in [2.24, 2.45) is 0 Å². The zero-order valence-electron chi connectivity index (χ0n) is 12.8. The van der Waals surface area contributed by atoms with Gasteiger partial charge in [0.15, 0.2) is 0 Å². The molecule has 1 atom stereocenters. The highest BCUT2D eigenvalue weighted by Gasteiger charge is 2.31. The highest BCUT2D eigenvalue weighted by Crippen LogP contribution is 2.23. The number of ether oxygens (including phenoxy) is 2. The molecule has 2 rings (SSSR count). The Morgan fingerprint density at radius 2 is 2.10 bits per heavy atom. The normalized spacial score (nSPS) is 18.7. The number of nitrogens with zero attached hydrogens (tertiary/aromatic N) is 3. The predicted molar refractivity (Wildman–Crippen MR) is 75.0 cm³/mol. The lowest BCUT2D eigenvalue weighted by atomic mass is 10.2. The average Bonchev–Trinajstić information content (AvgIpc) is 3.04. The molecular weight excluding hydrogens is 274 g/mol. The second-order valence-electron chi connectivity index (χ2n) is 6.07. The van der Waals surface area contributed by atoms with Crippen LogP contribution in [0.4, 0.5) is 4.79 Å².